The van der Waals surface area contributed by atoms with Gasteiger partial charge in [0.1, 0.15) is 11.5 Å². The average Bonchev–Trinajstić information content (AvgIpc) is 3.03. The van der Waals surface area contributed by atoms with E-state index in [0.717, 1.165) is 41.8 Å². The Bertz CT molecular complexity index is 1040. The van der Waals surface area contributed by atoms with Gasteiger partial charge in [-0.1, -0.05) is 36.8 Å². The first-order valence-electron chi connectivity index (χ1n) is 11.5. The van der Waals surface area contributed by atoms with E-state index in [0.29, 0.717) is 18.7 Å². The highest BCUT2D eigenvalue weighted by Gasteiger charge is 2.45. The molecule has 176 valence electrons. The van der Waals surface area contributed by atoms with Crippen LogP contribution in [0.1, 0.15) is 48.1 Å². The molecular formula is C27H34N2O4. The molecule has 2 aromatic carbocycles. The van der Waals surface area contributed by atoms with E-state index in [1.54, 1.807) is 23.1 Å². The van der Waals surface area contributed by atoms with Crippen LogP contribution in [0.5, 0.6) is 5.75 Å². The van der Waals surface area contributed by atoms with Crippen molar-refractivity contribution in [3.63, 3.8) is 0 Å². The summed E-state index contributed by atoms with van der Waals surface area (Å²) >= 11 is 0. The van der Waals surface area contributed by atoms with Crippen LogP contribution >= 0.6 is 0 Å². The molecule has 1 aliphatic heterocycles. The van der Waals surface area contributed by atoms with Gasteiger partial charge in [-0.05, 0) is 76.7 Å². The third-order valence-electron chi connectivity index (χ3n) is 5.85. The zero-order valence-electron chi connectivity index (χ0n) is 20.2. The second-order valence-corrected chi connectivity index (χ2v) is 8.89. The van der Waals surface area contributed by atoms with Crippen LogP contribution in [0.3, 0.4) is 0 Å². The molecule has 1 atom stereocenters. The molecule has 1 saturated heterocycles. The van der Waals surface area contributed by atoms with Gasteiger partial charge in [-0.15, -0.1) is 0 Å². The van der Waals surface area contributed by atoms with Gasteiger partial charge in [0.25, 0.3) is 11.7 Å². The number of hydrogen-bond donors (Lipinski definition) is 1. The Morgan fingerprint density at radius 1 is 1.09 bits per heavy atom. The van der Waals surface area contributed by atoms with Gasteiger partial charge in [0.05, 0.1) is 18.2 Å². The van der Waals surface area contributed by atoms with Crippen LogP contribution in [-0.4, -0.2) is 60.4 Å². The minimum Gasteiger partial charge on any atom is -0.507 e. The van der Waals surface area contributed by atoms with Gasteiger partial charge >= 0.3 is 0 Å². The van der Waals surface area contributed by atoms with Gasteiger partial charge < -0.3 is 19.6 Å². The van der Waals surface area contributed by atoms with E-state index >= 15 is 0 Å². The molecule has 1 aliphatic rings. The number of nitrogens with zero attached hydrogens (tertiary/aromatic N) is 2. The summed E-state index contributed by atoms with van der Waals surface area (Å²) < 4.78 is 5.74. The molecule has 1 N–H and O–H groups in total. The number of ether oxygens (including phenoxy) is 1. The summed E-state index contributed by atoms with van der Waals surface area (Å²) in [5, 5.41) is 11.2. The number of benzene rings is 2. The molecule has 1 fully saturated rings. The van der Waals surface area contributed by atoms with Crippen molar-refractivity contribution in [2.75, 3.05) is 33.8 Å². The monoisotopic (exact) mass is 450 g/mol. The van der Waals surface area contributed by atoms with Crippen molar-refractivity contribution in [1.82, 2.24) is 9.80 Å². The minimum absolute atomic E-state index is 0.135. The fourth-order valence-electron chi connectivity index (χ4n) is 4.09. The Hall–Kier alpha value is -3.12. The third kappa shape index (κ3) is 5.45. The maximum absolute atomic E-state index is 13.1. The van der Waals surface area contributed by atoms with Gasteiger partial charge in [-0.3, -0.25) is 9.59 Å². The number of ketones is 1. The van der Waals surface area contributed by atoms with E-state index in [1.165, 1.54) is 0 Å². The Morgan fingerprint density at radius 3 is 2.39 bits per heavy atom. The lowest BCUT2D eigenvalue weighted by Crippen LogP contribution is -2.32. The molecule has 6 nitrogen and oxygen atoms in total. The lowest BCUT2D eigenvalue weighted by molar-refractivity contribution is -0.139. The number of aliphatic hydroxyl groups excluding tert-OH is 1. The Labute approximate surface area is 196 Å². The van der Waals surface area contributed by atoms with E-state index in [9.17, 15) is 14.7 Å². The van der Waals surface area contributed by atoms with Crippen molar-refractivity contribution < 1.29 is 19.4 Å². The van der Waals surface area contributed by atoms with Crippen LogP contribution in [0.4, 0.5) is 0 Å². The summed E-state index contributed by atoms with van der Waals surface area (Å²) in [6.07, 6.45) is 1.62. The first-order chi connectivity index (χ1) is 15.7. The van der Waals surface area contributed by atoms with Gasteiger partial charge in [0.2, 0.25) is 0 Å². The highest BCUT2D eigenvalue weighted by molar-refractivity contribution is 6.46. The summed E-state index contributed by atoms with van der Waals surface area (Å²) in [6, 6.07) is 12.5. The molecule has 0 aliphatic carbocycles. The first-order valence-corrected chi connectivity index (χ1v) is 11.5. The molecule has 6 heteroatoms. The smallest absolute Gasteiger partial charge is 0.295 e. The van der Waals surface area contributed by atoms with E-state index in [-0.39, 0.29) is 11.3 Å². The summed E-state index contributed by atoms with van der Waals surface area (Å²) in [4.78, 5) is 29.8. The van der Waals surface area contributed by atoms with Crippen LogP contribution in [0.25, 0.3) is 5.76 Å². The molecule has 0 aromatic heterocycles. The van der Waals surface area contributed by atoms with Crippen LogP contribution in [-0.2, 0) is 9.59 Å². The maximum atomic E-state index is 13.1. The van der Waals surface area contributed by atoms with Crippen LogP contribution in [0.2, 0.25) is 0 Å². The number of amides is 1. The topological polar surface area (TPSA) is 70.1 Å². The first kappa shape index (κ1) is 24.5. The summed E-state index contributed by atoms with van der Waals surface area (Å²) in [7, 11) is 3.95. The van der Waals surface area contributed by atoms with E-state index < -0.39 is 17.7 Å². The van der Waals surface area contributed by atoms with Crippen molar-refractivity contribution in [2.24, 2.45) is 0 Å². The molecular weight excluding hydrogens is 416 g/mol. The number of hydrogen-bond acceptors (Lipinski definition) is 5. The SMILES string of the molecule is CCCOc1ccc(/C(O)=C2/C(=O)C(=O)N(CCCN(C)C)C2c2ccc(C)cc2)cc1C. The number of aryl methyl sites for hydroxylation is 2. The van der Waals surface area contributed by atoms with Crippen molar-refractivity contribution in [2.45, 2.75) is 39.7 Å². The van der Waals surface area contributed by atoms with Gasteiger partial charge in [-0.2, -0.15) is 0 Å². The number of carbonyl (C=O) groups excluding carboxylic acids is 2. The normalized spacial score (nSPS) is 17.8. The van der Waals surface area contributed by atoms with Gasteiger partial charge in [0.15, 0.2) is 0 Å². The number of aliphatic hydroxyl groups is 1. The number of likely N-dealkylation sites (tertiary alicyclic amines) is 1. The zero-order chi connectivity index (χ0) is 24.1. The number of carbonyl (C=O) groups is 2. The predicted molar refractivity (Wildman–Crippen MR) is 130 cm³/mol. The molecule has 0 bridgehead atoms. The fourth-order valence-corrected chi connectivity index (χ4v) is 4.09. The summed E-state index contributed by atoms with van der Waals surface area (Å²) in [6.45, 7) is 7.76. The van der Waals surface area contributed by atoms with E-state index in [1.807, 2.05) is 64.0 Å². The lowest BCUT2D eigenvalue weighted by atomic mass is 9.94. The average molecular weight is 451 g/mol. The Balaban J connectivity index is 2.05. The van der Waals surface area contributed by atoms with Crippen LogP contribution < -0.4 is 4.74 Å². The lowest BCUT2D eigenvalue weighted by Gasteiger charge is -2.26. The van der Waals surface area contributed by atoms with Crippen LogP contribution in [0, 0.1) is 13.8 Å². The van der Waals surface area contributed by atoms with Crippen molar-refractivity contribution in [1.29, 1.82) is 0 Å². The second-order valence-electron chi connectivity index (χ2n) is 8.89. The second kappa shape index (κ2) is 10.7. The molecule has 3 rings (SSSR count). The van der Waals surface area contributed by atoms with E-state index in [4.69, 9.17) is 4.74 Å². The Morgan fingerprint density at radius 2 is 1.79 bits per heavy atom. The predicted octanol–water partition coefficient (Wildman–Crippen LogP) is 4.47. The van der Waals surface area contributed by atoms with Crippen molar-refractivity contribution in [3.8, 4) is 5.75 Å². The standard InChI is InChI=1S/C27H34N2O4/c1-6-16-33-22-13-12-21(17-19(22)3)25(30)23-24(20-10-8-18(2)9-11-20)29(27(32)26(23)31)15-7-14-28(4)5/h8-13,17,24,30H,6-7,14-16H2,1-5H3/b25-23-. The van der Waals surface area contributed by atoms with Gasteiger partial charge in [0, 0.05) is 12.1 Å². The maximum Gasteiger partial charge on any atom is 0.295 e. The molecule has 0 spiro atoms. The van der Waals surface area contributed by atoms with Crippen molar-refractivity contribution in [3.05, 3.63) is 70.3 Å². The molecule has 33 heavy (non-hydrogen) atoms. The number of Topliss-reactive ketones (excluding diaryl/α,β-unsaturated/α-hetero) is 1. The molecule has 2 aromatic rings. The van der Waals surface area contributed by atoms with Crippen LogP contribution in [0.15, 0.2) is 48.0 Å². The highest BCUT2D eigenvalue weighted by atomic mass is 16.5. The van der Waals surface area contributed by atoms with E-state index in [2.05, 4.69) is 0 Å². The summed E-state index contributed by atoms with van der Waals surface area (Å²) in [5.41, 5.74) is 3.39. The molecule has 1 heterocycles. The molecule has 1 unspecified atom stereocenters. The molecule has 0 radical (unpaired) electrons. The third-order valence-corrected chi connectivity index (χ3v) is 5.85. The molecule has 0 saturated carbocycles. The number of rotatable bonds is 9. The quantitative estimate of drug-likeness (QED) is 0.347. The van der Waals surface area contributed by atoms with Crippen molar-refractivity contribution >= 4 is 17.4 Å². The largest absolute Gasteiger partial charge is 0.507 e. The minimum atomic E-state index is -0.646. The molecule has 1 amide bonds. The summed E-state index contributed by atoms with van der Waals surface area (Å²) in [5.74, 6) is -0.626. The van der Waals surface area contributed by atoms with Gasteiger partial charge in [-0.25, -0.2) is 0 Å². The fraction of sp³-hybridized carbons (Fsp3) is 0.407. The highest BCUT2D eigenvalue weighted by Crippen LogP contribution is 2.40. The Kier molecular flexibility index (Phi) is 7.92. The zero-order valence-corrected chi connectivity index (χ0v) is 20.2.